The van der Waals surface area contributed by atoms with Gasteiger partial charge in [-0.25, -0.2) is 0 Å². The zero-order chi connectivity index (χ0) is 11.2. The molecule has 0 aliphatic heterocycles. The van der Waals surface area contributed by atoms with Crippen molar-refractivity contribution >= 4 is 0 Å². The Hall–Kier alpha value is -0.0400. The average Bonchev–Trinajstić information content (AvgIpc) is 2.69. The molecule has 1 N–H and O–H groups in total. The van der Waals surface area contributed by atoms with Crippen LogP contribution >= 0.6 is 0 Å². The monoisotopic (exact) mass is 223 g/mol. The van der Waals surface area contributed by atoms with Crippen LogP contribution in [0.1, 0.15) is 71.1 Å². The second kappa shape index (κ2) is 6.64. The first-order valence-corrected chi connectivity index (χ1v) is 7.65. The molecule has 0 radical (unpaired) electrons. The Balaban J connectivity index is 1.92. The molecule has 0 aromatic rings. The van der Waals surface area contributed by atoms with Gasteiger partial charge in [-0.05, 0) is 44.1 Å². The Kier molecular flexibility index (Phi) is 5.15. The number of rotatable bonds is 4. The molecule has 0 amide bonds. The summed E-state index contributed by atoms with van der Waals surface area (Å²) in [7, 11) is 0. The van der Waals surface area contributed by atoms with Gasteiger partial charge < -0.3 is 5.32 Å². The lowest BCUT2D eigenvalue weighted by molar-refractivity contribution is 0.240. The van der Waals surface area contributed by atoms with Gasteiger partial charge in [-0.1, -0.05) is 45.4 Å². The van der Waals surface area contributed by atoms with E-state index in [9.17, 15) is 0 Å². The second-order valence-electron chi connectivity index (χ2n) is 5.88. The Labute approximate surface area is 101 Å². The molecule has 2 fully saturated rings. The highest BCUT2D eigenvalue weighted by molar-refractivity contribution is 4.86. The quantitative estimate of drug-likeness (QED) is 0.707. The first-order valence-electron chi connectivity index (χ1n) is 7.65. The summed E-state index contributed by atoms with van der Waals surface area (Å²) in [5.74, 6) is 1.99. The summed E-state index contributed by atoms with van der Waals surface area (Å²) >= 11 is 0. The first-order chi connectivity index (χ1) is 7.92. The Morgan fingerprint density at radius 3 is 1.69 bits per heavy atom. The minimum atomic E-state index is 0.852. The molecule has 16 heavy (non-hydrogen) atoms. The van der Waals surface area contributed by atoms with Crippen LogP contribution in [-0.4, -0.2) is 12.6 Å². The fourth-order valence-electron chi connectivity index (χ4n) is 3.94. The molecule has 1 unspecified atom stereocenters. The van der Waals surface area contributed by atoms with Gasteiger partial charge in [0.15, 0.2) is 0 Å². The van der Waals surface area contributed by atoms with Crippen LogP contribution in [0.3, 0.4) is 0 Å². The van der Waals surface area contributed by atoms with Gasteiger partial charge in [0.05, 0.1) is 0 Å². The van der Waals surface area contributed by atoms with Gasteiger partial charge >= 0.3 is 0 Å². The van der Waals surface area contributed by atoms with Crippen molar-refractivity contribution in [3.05, 3.63) is 0 Å². The topological polar surface area (TPSA) is 12.0 Å². The summed E-state index contributed by atoms with van der Waals surface area (Å²) in [6.07, 6.45) is 14.9. The Bertz CT molecular complexity index is 176. The first kappa shape index (κ1) is 12.4. The second-order valence-corrected chi connectivity index (χ2v) is 5.88. The largest absolute Gasteiger partial charge is 0.314 e. The van der Waals surface area contributed by atoms with Gasteiger partial charge in [0.25, 0.3) is 0 Å². The maximum absolute atomic E-state index is 3.82. The van der Waals surface area contributed by atoms with Crippen molar-refractivity contribution in [1.82, 2.24) is 5.32 Å². The highest BCUT2D eigenvalue weighted by atomic mass is 14.9. The molecule has 0 spiro atoms. The molecule has 1 atom stereocenters. The molecule has 2 aliphatic rings. The zero-order valence-corrected chi connectivity index (χ0v) is 11.0. The molecule has 0 aromatic heterocycles. The third-order valence-corrected chi connectivity index (χ3v) is 4.76. The molecule has 1 heteroatoms. The van der Waals surface area contributed by atoms with E-state index < -0.39 is 0 Å². The Morgan fingerprint density at radius 2 is 1.25 bits per heavy atom. The van der Waals surface area contributed by atoms with Crippen molar-refractivity contribution < 1.29 is 0 Å². The van der Waals surface area contributed by atoms with Gasteiger partial charge in [-0.3, -0.25) is 0 Å². The van der Waals surface area contributed by atoms with Gasteiger partial charge in [-0.15, -0.1) is 0 Å². The van der Waals surface area contributed by atoms with E-state index in [4.69, 9.17) is 0 Å². The van der Waals surface area contributed by atoms with E-state index in [1.807, 2.05) is 0 Å². The lowest BCUT2D eigenvalue weighted by atomic mass is 9.82. The number of hydrogen-bond acceptors (Lipinski definition) is 1. The standard InChI is InChI=1S/C15H29N/c1-2-16-15(14-11-7-8-12-14)13-9-5-3-4-6-10-13/h13-16H,2-12H2,1H3. The molecule has 2 rings (SSSR count). The lowest BCUT2D eigenvalue weighted by Crippen LogP contribution is -2.41. The fourth-order valence-corrected chi connectivity index (χ4v) is 3.94. The highest BCUT2D eigenvalue weighted by Gasteiger charge is 2.30. The summed E-state index contributed by atoms with van der Waals surface area (Å²) in [5.41, 5.74) is 0. The van der Waals surface area contributed by atoms with Gasteiger partial charge in [-0.2, -0.15) is 0 Å². The summed E-state index contributed by atoms with van der Waals surface area (Å²) in [6.45, 7) is 3.44. The predicted octanol–water partition coefficient (Wildman–Crippen LogP) is 4.13. The molecular weight excluding hydrogens is 194 g/mol. The highest BCUT2D eigenvalue weighted by Crippen LogP contribution is 2.35. The third-order valence-electron chi connectivity index (χ3n) is 4.76. The minimum absolute atomic E-state index is 0.852. The van der Waals surface area contributed by atoms with Crippen LogP contribution in [0.4, 0.5) is 0 Å². The zero-order valence-electron chi connectivity index (χ0n) is 11.0. The maximum atomic E-state index is 3.82. The molecule has 1 nitrogen and oxygen atoms in total. The van der Waals surface area contributed by atoms with E-state index in [0.717, 1.165) is 24.4 Å². The molecule has 2 saturated carbocycles. The average molecular weight is 223 g/mol. The van der Waals surface area contributed by atoms with Crippen LogP contribution in [0.2, 0.25) is 0 Å². The van der Waals surface area contributed by atoms with E-state index >= 15 is 0 Å². The fraction of sp³-hybridized carbons (Fsp3) is 1.00. The van der Waals surface area contributed by atoms with Crippen molar-refractivity contribution in [1.29, 1.82) is 0 Å². The predicted molar refractivity (Wildman–Crippen MR) is 70.6 cm³/mol. The minimum Gasteiger partial charge on any atom is -0.314 e. The molecule has 2 aliphatic carbocycles. The molecule has 0 saturated heterocycles. The van der Waals surface area contributed by atoms with E-state index in [1.165, 1.54) is 64.2 Å². The van der Waals surface area contributed by atoms with Gasteiger partial charge in [0, 0.05) is 6.04 Å². The van der Waals surface area contributed by atoms with Gasteiger partial charge in [0.1, 0.15) is 0 Å². The van der Waals surface area contributed by atoms with E-state index in [-0.39, 0.29) is 0 Å². The van der Waals surface area contributed by atoms with Crippen LogP contribution in [0.5, 0.6) is 0 Å². The van der Waals surface area contributed by atoms with Crippen LogP contribution in [-0.2, 0) is 0 Å². The third kappa shape index (κ3) is 3.23. The molecule has 94 valence electrons. The molecule has 0 heterocycles. The van der Waals surface area contributed by atoms with Crippen molar-refractivity contribution in [3.63, 3.8) is 0 Å². The molecular formula is C15H29N. The van der Waals surface area contributed by atoms with E-state index in [1.54, 1.807) is 0 Å². The van der Waals surface area contributed by atoms with Crippen LogP contribution in [0.15, 0.2) is 0 Å². The summed E-state index contributed by atoms with van der Waals surface area (Å²) in [6, 6.07) is 0.852. The number of nitrogens with one attached hydrogen (secondary N) is 1. The Morgan fingerprint density at radius 1 is 0.812 bits per heavy atom. The van der Waals surface area contributed by atoms with Crippen molar-refractivity contribution in [3.8, 4) is 0 Å². The summed E-state index contributed by atoms with van der Waals surface area (Å²) in [5, 5.41) is 3.82. The number of hydrogen-bond donors (Lipinski definition) is 1. The van der Waals surface area contributed by atoms with Crippen molar-refractivity contribution in [2.45, 2.75) is 77.2 Å². The van der Waals surface area contributed by atoms with E-state index in [0.29, 0.717) is 0 Å². The SMILES string of the molecule is CCNC(C1CCCCCC1)C1CCCC1. The lowest BCUT2D eigenvalue weighted by Gasteiger charge is -2.32. The smallest absolute Gasteiger partial charge is 0.0123 e. The van der Waals surface area contributed by atoms with Crippen molar-refractivity contribution in [2.75, 3.05) is 6.54 Å². The molecule has 0 bridgehead atoms. The van der Waals surface area contributed by atoms with Crippen LogP contribution < -0.4 is 5.32 Å². The normalized spacial score (nSPS) is 26.8. The van der Waals surface area contributed by atoms with E-state index in [2.05, 4.69) is 12.2 Å². The van der Waals surface area contributed by atoms with Gasteiger partial charge in [0.2, 0.25) is 0 Å². The molecule has 0 aromatic carbocycles. The summed E-state index contributed by atoms with van der Waals surface area (Å²) < 4.78 is 0. The van der Waals surface area contributed by atoms with Crippen molar-refractivity contribution in [2.24, 2.45) is 11.8 Å². The maximum Gasteiger partial charge on any atom is 0.0123 e. The van der Waals surface area contributed by atoms with Crippen LogP contribution in [0, 0.1) is 11.8 Å². The summed E-state index contributed by atoms with van der Waals surface area (Å²) in [4.78, 5) is 0. The van der Waals surface area contributed by atoms with Crippen LogP contribution in [0.25, 0.3) is 0 Å².